The third-order valence-corrected chi connectivity index (χ3v) is 2.13. The zero-order valence-electron chi connectivity index (χ0n) is 7.99. The van der Waals surface area contributed by atoms with Crippen molar-refractivity contribution in [3.05, 3.63) is 29.3 Å². The maximum atomic E-state index is 9.04. The summed E-state index contributed by atoms with van der Waals surface area (Å²) in [5, 5.41) is 20.7. The summed E-state index contributed by atoms with van der Waals surface area (Å²) >= 11 is 0. The predicted molar refractivity (Wildman–Crippen MR) is 54.5 cm³/mol. The Bertz CT molecular complexity index is 353. The highest BCUT2D eigenvalue weighted by molar-refractivity contribution is 5.55. The van der Waals surface area contributed by atoms with Gasteiger partial charge in [-0.15, -0.1) is 0 Å². The Morgan fingerprint density at radius 2 is 2.36 bits per heavy atom. The number of aliphatic hydroxyl groups is 1. The van der Waals surface area contributed by atoms with Gasteiger partial charge in [0.2, 0.25) is 0 Å². The lowest BCUT2D eigenvalue weighted by Gasteiger charge is -2.13. The summed E-state index contributed by atoms with van der Waals surface area (Å²) in [6.07, 6.45) is 0. The number of nitriles is 1. The van der Waals surface area contributed by atoms with E-state index in [1.807, 2.05) is 6.07 Å². The van der Waals surface area contributed by atoms with Crippen LogP contribution in [0.15, 0.2) is 18.2 Å². The maximum Gasteiger partial charge on any atom is 0.101 e. The Morgan fingerprint density at radius 3 is 2.86 bits per heavy atom. The van der Waals surface area contributed by atoms with Gasteiger partial charge < -0.3 is 16.2 Å². The molecule has 0 heterocycles. The van der Waals surface area contributed by atoms with Gasteiger partial charge in [-0.3, -0.25) is 0 Å². The minimum atomic E-state index is -0.150. The SMILES string of the molecule is CNC(CO)c1ccc(N)c(C#N)c1. The number of aliphatic hydroxyl groups excluding tert-OH is 1. The normalized spacial score (nSPS) is 12.1. The molecule has 1 atom stereocenters. The van der Waals surface area contributed by atoms with E-state index in [1.54, 1.807) is 25.2 Å². The first-order valence-electron chi connectivity index (χ1n) is 4.30. The van der Waals surface area contributed by atoms with Crippen molar-refractivity contribution >= 4 is 5.69 Å². The van der Waals surface area contributed by atoms with Gasteiger partial charge in [0, 0.05) is 5.69 Å². The van der Waals surface area contributed by atoms with Gasteiger partial charge in [0.15, 0.2) is 0 Å². The van der Waals surface area contributed by atoms with E-state index in [2.05, 4.69) is 5.32 Å². The molecule has 0 fully saturated rings. The second-order valence-corrected chi connectivity index (χ2v) is 2.98. The molecule has 0 radical (unpaired) electrons. The standard InChI is InChI=1S/C10H13N3O/c1-13-10(6-14)7-2-3-9(12)8(4-7)5-11/h2-4,10,13-14H,6,12H2,1H3. The Morgan fingerprint density at radius 1 is 1.64 bits per heavy atom. The fraction of sp³-hybridized carbons (Fsp3) is 0.300. The molecule has 1 rings (SSSR count). The Kier molecular flexibility index (Phi) is 3.46. The lowest BCUT2D eigenvalue weighted by Crippen LogP contribution is -2.20. The van der Waals surface area contributed by atoms with Crippen LogP contribution in [-0.2, 0) is 0 Å². The zero-order valence-corrected chi connectivity index (χ0v) is 7.99. The van der Waals surface area contributed by atoms with Crippen molar-refractivity contribution in [2.24, 2.45) is 0 Å². The van der Waals surface area contributed by atoms with Crippen LogP contribution in [0.5, 0.6) is 0 Å². The third-order valence-electron chi connectivity index (χ3n) is 2.13. The minimum absolute atomic E-state index is 0.00864. The molecule has 1 aromatic carbocycles. The van der Waals surface area contributed by atoms with Crippen LogP contribution in [0.1, 0.15) is 17.2 Å². The van der Waals surface area contributed by atoms with Crippen LogP contribution in [0.3, 0.4) is 0 Å². The molecule has 0 amide bonds. The molecule has 0 aliphatic carbocycles. The summed E-state index contributed by atoms with van der Waals surface area (Å²) in [4.78, 5) is 0. The van der Waals surface area contributed by atoms with E-state index < -0.39 is 0 Å². The molecule has 1 aromatic rings. The monoisotopic (exact) mass is 191 g/mol. The van der Waals surface area contributed by atoms with Gasteiger partial charge in [0.1, 0.15) is 6.07 Å². The Balaban J connectivity index is 3.06. The van der Waals surface area contributed by atoms with E-state index in [1.165, 1.54) is 0 Å². The van der Waals surface area contributed by atoms with Crippen LogP contribution in [0.4, 0.5) is 5.69 Å². The fourth-order valence-electron chi connectivity index (χ4n) is 1.25. The summed E-state index contributed by atoms with van der Waals surface area (Å²) in [6.45, 7) is -0.00864. The molecule has 4 heteroatoms. The lowest BCUT2D eigenvalue weighted by atomic mass is 10.0. The molecule has 0 spiro atoms. The first kappa shape index (κ1) is 10.5. The summed E-state index contributed by atoms with van der Waals surface area (Å²) in [6, 6.07) is 7.01. The van der Waals surface area contributed by atoms with Gasteiger partial charge in [-0.25, -0.2) is 0 Å². The molecule has 0 saturated heterocycles. The number of likely N-dealkylation sites (N-methyl/N-ethyl adjacent to an activating group) is 1. The second-order valence-electron chi connectivity index (χ2n) is 2.98. The lowest BCUT2D eigenvalue weighted by molar-refractivity contribution is 0.251. The van der Waals surface area contributed by atoms with Crippen molar-refractivity contribution < 1.29 is 5.11 Å². The molecule has 74 valence electrons. The van der Waals surface area contributed by atoms with E-state index >= 15 is 0 Å². The van der Waals surface area contributed by atoms with Crippen molar-refractivity contribution in [3.63, 3.8) is 0 Å². The number of nitrogens with zero attached hydrogens (tertiary/aromatic N) is 1. The van der Waals surface area contributed by atoms with Gasteiger partial charge in [-0.1, -0.05) is 6.07 Å². The number of nitrogen functional groups attached to an aromatic ring is 1. The van der Waals surface area contributed by atoms with Crippen LogP contribution >= 0.6 is 0 Å². The Hall–Kier alpha value is -1.57. The molecule has 0 saturated carbocycles. The molecule has 4 N–H and O–H groups in total. The quantitative estimate of drug-likeness (QED) is 0.604. The highest BCUT2D eigenvalue weighted by Crippen LogP contribution is 2.18. The molecule has 14 heavy (non-hydrogen) atoms. The molecule has 0 aromatic heterocycles. The first-order valence-corrected chi connectivity index (χ1v) is 4.30. The highest BCUT2D eigenvalue weighted by atomic mass is 16.3. The number of rotatable bonds is 3. The summed E-state index contributed by atoms with van der Waals surface area (Å²) in [7, 11) is 1.75. The molecular weight excluding hydrogens is 178 g/mol. The summed E-state index contributed by atoms with van der Waals surface area (Å²) in [5.41, 5.74) is 7.34. The summed E-state index contributed by atoms with van der Waals surface area (Å²) in [5.74, 6) is 0. The minimum Gasteiger partial charge on any atom is -0.398 e. The molecular formula is C10H13N3O. The largest absolute Gasteiger partial charge is 0.398 e. The number of nitrogens with one attached hydrogen (secondary N) is 1. The number of benzene rings is 1. The van der Waals surface area contributed by atoms with Gasteiger partial charge >= 0.3 is 0 Å². The van der Waals surface area contributed by atoms with Gasteiger partial charge in [-0.2, -0.15) is 5.26 Å². The van der Waals surface area contributed by atoms with Crippen LogP contribution in [-0.4, -0.2) is 18.8 Å². The second kappa shape index (κ2) is 4.61. The summed E-state index contributed by atoms with van der Waals surface area (Å²) < 4.78 is 0. The van der Waals surface area contributed by atoms with Crippen molar-refractivity contribution in [2.75, 3.05) is 19.4 Å². The van der Waals surface area contributed by atoms with E-state index in [0.717, 1.165) is 5.56 Å². The fourth-order valence-corrected chi connectivity index (χ4v) is 1.25. The molecule has 0 aliphatic rings. The zero-order chi connectivity index (χ0) is 10.6. The van der Waals surface area contributed by atoms with Crippen molar-refractivity contribution in [2.45, 2.75) is 6.04 Å². The molecule has 0 bridgehead atoms. The third kappa shape index (κ3) is 2.02. The molecule has 1 unspecified atom stereocenters. The molecule has 4 nitrogen and oxygen atoms in total. The topological polar surface area (TPSA) is 82.1 Å². The van der Waals surface area contributed by atoms with E-state index in [-0.39, 0.29) is 12.6 Å². The van der Waals surface area contributed by atoms with Crippen molar-refractivity contribution in [3.8, 4) is 6.07 Å². The van der Waals surface area contributed by atoms with Crippen LogP contribution in [0, 0.1) is 11.3 Å². The highest BCUT2D eigenvalue weighted by Gasteiger charge is 2.09. The average molecular weight is 191 g/mol. The number of hydrogen-bond donors (Lipinski definition) is 3. The van der Waals surface area contributed by atoms with Crippen molar-refractivity contribution in [1.29, 1.82) is 5.26 Å². The Labute approximate surface area is 83.0 Å². The van der Waals surface area contributed by atoms with Gasteiger partial charge in [0.25, 0.3) is 0 Å². The van der Waals surface area contributed by atoms with Gasteiger partial charge in [0.05, 0.1) is 18.2 Å². The molecule has 0 aliphatic heterocycles. The van der Waals surface area contributed by atoms with Gasteiger partial charge in [-0.05, 0) is 24.7 Å². The van der Waals surface area contributed by atoms with E-state index in [4.69, 9.17) is 16.1 Å². The van der Waals surface area contributed by atoms with Crippen LogP contribution in [0.2, 0.25) is 0 Å². The van der Waals surface area contributed by atoms with E-state index in [0.29, 0.717) is 11.3 Å². The number of anilines is 1. The first-order chi connectivity index (χ1) is 6.72. The predicted octanol–water partition coefficient (Wildman–Crippen LogP) is 0.393. The van der Waals surface area contributed by atoms with Crippen molar-refractivity contribution in [1.82, 2.24) is 5.32 Å². The smallest absolute Gasteiger partial charge is 0.101 e. The number of nitrogens with two attached hydrogens (primary N) is 1. The van der Waals surface area contributed by atoms with E-state index in [9.17, 15) is 0 Å². The van der Waals surface area contributed by atoms with Crippen LogP contribution < -0.4 is 11.1 Å². The maximum absolute atomic E-state index is 9.04. The average Bonchev–Trinajstić information content (AvgIpc) is 2.22. The number of hydrogen-bond acceptors (Lipinski definition) is 4. The van der Waals surface area contributed by atoms with Crippen LogP contribution in [0.25, 0.3) is 0 Å².